The summed E-state index contributed by atoms with van der Waals surface area (Å²) in [4.78, 5) is 30.1. The molecule has 1 saturated heterocycles. The topological polar surface area (TPSA) is 114 Å². The number of anilines is 1. The van der Waals surface area contributed by atoms with Gasteiger partial charge in [0, 0.05) is 55.1 Å². The van der Waals surface area contributed by atoms with E-state index in [0.717, 1.165) is 28.3 Å². The second kappa shape index (κ2) is 10.8. The van der Waals surface area contributed by atoms with Crippen molar-refractivity contribution in [1.82, 2.24) is 29.9 Å². The van der Waals surface area contributed by atoms with Gasteiger partial charge in [0.15, 0.2) is 5.76 Å². The summed E-state index contributed by atoms with van der Waals surface area (Å²) < 4.78 is 20.8. The molecule has 1 amide bonds. The van der Waals surface area contributed by atoms with Gasteiger partial charge in [-0.2, -0.15) is 0 Å². The molecule has 2 N–H and O–H groups in total. The van der Waals surface area contributed by atoms with E-state index in [4.69, 9.17) is 21.9 Å². The van der Waals surface area contributed by atoms with Gasteiger partial charge in [-0.15, -0.1) is 0 Å². The van der Waals surface area contributed by atoms with Gasteiger partial charge >= 0.3 is 0 Å². The van der Waals surface area contributed by atoms with Crippen LogP contribution >= 0.6 is 11.6 Å². The molecule has 1 aliphatic rings. The number of halogens is 2. The van der Waals surface area contributed by atoms with Crippen molar-refractivity contribution in [2.24, 2.45) is 0 Å². The van der Waals surface area contributed by atoms with Crippen LogP contribution in [0.3, 0.4) is 0 Å². The minimum Gasteiger partial charge on any atom is -0.384 e. The minimum atomic E-state index is -0.699. The third kappa shape index (κ3) is 5.23. The lowest BCUT2D eigenvalue weighted by molar-refractivity contribution is 0.0613. The largest absolute Gasteiger partial charge is 0.384 e. The Labute approximate surface area is 224 Å². The van der Waals surface area contributed by atoms with Gasteiger partial charge in [-0.1, -0.05) is 23.7 Å². The Bertz CT molecular complexity index is 1440. The predicted molar refractivity (Wildman–Crippen MR) is 142 cm³/mol. The molecular formula is C27H27ClFN7O2. The van der Waals surface area contributed by atoms with Crippen molar-refractivity contribution in [3.8, 4) is 22.4 Å². The molecule has 5 rings (SSSR count). The fourth-order valence-electron chi connectivity index (χ4n) is 4.66. The highest BCUT2D eigenvalue weighted by Crippen LogP contribution is 2.36. The monoisotopic (exact) mass is 535 g/mol. The summed E-state index contributed by atoms with van der Waals surface area (Å²) in [6.45, 7) is 6.61. The van der Waals surface area contributed by atoms with E-state index in [1.54, 1.807) is 23.2 Å². The molecule has 3 aromatic heterocycles. The van der Waals surface area contributed by atoms with E-state index in [-0.39, 0.29) is 10.6 Å². The summed E-state index contributed by atoms with van der Waals surface area (Å²) in [5.74, 6) is 0.0253. The number of rotatable bonds is 6. The first-order chi connectivity index (χ1) is 18.3. The number of hydrogen-bond acceptors (Lipinski definition) is 8. The molecular weight excluding hydrogens is 509 g/mol. The Hall–Kier alpha value is -3.89. The van der Waals surface area contributed by atoms with Crippen molar-refractivity contribution in [3.05, 3.63) is 76.4 Å². The van der Waals surface area contributed by atoms with E-state index in [9.17, 15) is 4.79 Å². The van der Waals surface area contributed by atoms with Crippen LogP contribution in [0.1, 0.15) is 34.4 Å². The summed E-state index contributed by atoms with van der Waals surface area (Å²) in [5, 5.41) is 3.94. The van der Waals surface area contributed by atoms with Crippen molar-refractivity contribution >= 4 is 23.3 Å². The molecule has 0 aliphatic carbocycles. The highest BCUT2D eigenvalue weighted by atomic mass is 35.5. The van der Waals surface area contributed by atoms with Crippen molar-refractivity contribution in [1.29, 1.82) is 0 Å². The normalized spacial score (nSPS) is 14.2. The molecule has 0 bridgehead atoms. The zero-order valence-corrected chi connectivity index (χ0v) is 21.9. The summed E-state index contributed by atoms with van der Waals surface area (Å²) in [5.41, 5.74) is 9.63. The van der Waals surface area contributed by atoms with Crippen LogP contribution in [0.2, 0.25) is 5.02 Å². The van der Waals surface area contributed by atoms with Crippen LogP contribution < -0.4 is 5.73 Å². The number of carbonyl (C=O) groups excluding carboxylic acids is 1. The summed E-state index contributed by atoms with van der Waals surface area (Å²) in [6.07, 6.45) is 3.70. The number of pyridine rings is 1. The number of hydrogen-bond donors (Lipinski definition) is 1. The van der Waals surface area contributed by atoms with Gasteiger partial charge < -0.3 is 15.2 Å². The van der Waals surface area contributed by atoms with Crippen LogP contribution in [0, 0.1) is 12.7 Å². The molecule has 0 radical (unpaired) electrons. The zero-order valence-electron chi connectivity index (χ0n) is 21.1. The Morgan fingerprint density at radius 2 is 1.89 bits per heavy atom. The Balaban J connectivity index is 1.39. The maximum absolute atomic E-state index is 15.5. The first-order valence-electron chi connectivity index (χ1n) is 12.3. The third-order valence-corrected chi connectivity index (χ3v) is 6.88. The SMILES string of the molecule is CCc1ncnc(-c2cc(F)c(C(=O)N3CCN(Cc4cc(C)no4)CC3)c(Cl)c2)c1-c1ccc(N)nc1. The first-order valence-corrected chi connectivity index (χ1v) is 12.7. The Morgan fingerprint density at radius 1 is 1.11 bits per heavy atom. The Kier molecular flexibility index (Phi) is 7.35. The molecule has 0 spiro atoms. The predicted octanol–water partition coefficient (Wildman–Crippen LogP) is 4.40. The molecule has 0 saturated carbocycles. The molecule has 1 aliphatic heterocycles. The Morgan fingerprint density at radius 3 is 2.53 bits per heavy atom. The quantitative estimate of drug-likeness (QED) is 0.386. The van der Waals surface area contributed by atoms with E-state index in [2.05, 4.69) is 25.0 Å². The number of aromatic nitrogens is 4. The summed E-state index contributed by atoms with van der Waals surface area (Å²) >= 11 is 6.54. The minimum absolute atomic E-state index is 0.0302. The number of benzene rings is 1. The van der Waals surface area contributed by atoms with Gasteiger partial charge in [0.2, 0.25) is 0 Å². The van der Waals surface area contributed by atoms with Gasteiger partial charge in [-0.25, -0.2) is 19.3 Å². The van der Waals surface area contributed by atoms with E-state index in [0.29, 0.717) is 56.2 Å². The van der Waals surface area contributed by atoms with E-state index in [1.165, 1.54) is 12.4 Å². The average molecular weight is 536 g/mol. The molecule has 4 heterocycles. The van der Waals surface area contributed by atoms with Gasteiger partial charge in [0.05, 0.1) is 34.2 Å². The highest BCUT2D eigenvalue weighted by molar-refractivity contribution is 6.34. The molecule has 4 aromatic rings. The van der Waals surface area contributed by atoms with Crippen LogP contribution in [-0.2, 0) is 13.0 Å². The molecule has 1 aromatic carbocycles. The summed E-state index contributed by atoms with van der Waals surface area (Å²) in [6, 6.07) is 8.29. The molecule has 11 heteroatoms. The number of piperazine rings is 1. The fraction of sp³-hybridized carbons (Fsp3) is 0.296. The smallest absolute Gasteiger partial charge is 0.258 e. The fourth-order valence-corrected chi connectivity index (χ4v) is 4.95. The van der Waals surface area contributed by atoms with Gasteiger partial charge in [0.25, 0.3) is 5.91 Å². The van der Waals surface area contributed by atoms with Crippen LogP contribution in [0.5, 0.6) is 0 Å². The van der Waals surface area contributed by atoms with Crippen molar-refractivity contribution in [2.75, 3.05) is 31.9 Å². The van der Waals surface area contributed by atoms with Gasteiger partial charge in [-0.05, 0) is 37.6 Å². The lowest BCUT2D eigenvalue weighted by Crippen LogP contribution is -2.48. The molecule has 196 valence electrons. The van der Waals surface area contributed by atoms with Crippen molar-refractivity contribution in [2.45, 2.75) is 26.8 Å². The van der Waals surface area contributed by atoms with Crippen molar-refractivity contribution < 1.29 is 13.7 Å². The molecule has 0 unspecified atom stereocenters. The highest BCUT2D eigenvalue weighted by Gasteiger charge is 2.28. The van der Waals surface area contributed by atoms with Crippen LogP contribution in [0.15, 0.2) is 47.4 Å². The summed E-state index contributed by atoms with van der Waals surface area (Å²) in [7, 11) is 0. The van der Waals surface area contributed by atoms with Crippen LogP contribution in [0.4, 0.5) is 10.2 Å². The zero-order chi connectivity index (χ0) is 26.8. The maximum atomic E-state index is 15.5. The van der Waals surface area contributed by atoms with E-state index < -0.39 is 11.7 Å². The third-order valence-electron chi connectivity index (χ3n) is 6.58. The average Bonchev–Trinajstić information content (AvgIpc) is 3.32. The number of nitrogens with zero attached hydrogens (tertiary/aromatic N) is 6. The molecule has 9 nitrogen and oxygen atoms in total. The second-order valence-electron chi connectivity index (χ2n) is 9.19. The number of nitrogens with two attached hydrogens (primary N) is 1. The first kappa shape index (κ1) is 25.7. The second-order valence-corrected chi connectivity index (χ2v) is 9.59. The maximum Gasteiger partial charge on any atom is 0.258 e. The number of carbonyl (C=O) groups is 1. The van der Waals surface area contributed by atoms with Crippen LogP contribution in [0.25, 0.3) is 22.4 Å². The van der Waals surface area contributed by atoms with Crippen LogP contribution in [-0.4, -0.2) is 62.0 Å². The lowest BCUT2D eigenvalue weighted by Gasteiger charge is -2.34. The molecule has 1 fully saturated rings. The number of amides is 1. The lowest BCUT2D eigenvalue weighted by atomic mass is 9.96. The van der Waals surface area contributed by atoms with Gasteiger partial charge in [-0.3, -0.25) is 9.69 Å². The molecule has 0 atom stereocenters. The van der Waals surface area contributed by atoms with E-state index >= 15 is 4.39 Å². The number of aryl methyl sites for hydroxylation is 2. The standard InChI is InChI=1S/C27H27ClFN7O2/c1-3-22-24(17-4-5-23(30)31-13-17)26(33-15-32-22)18-11-20(28)25(21(29)12-18)27(37)36-8-6-35(7-9-36)14-19-10-16(2)34-38-19/h4-5,10-13,15H,3,6-9,14H2,1-2H3,(H2,30,31). The van der Waals surface area contributed by atoms with Gasteiger partial charge in [0.1, 0.15) is 18.0 Å². The number of nitrogen functional groups attached to an aromatic ring is 1. The van der Waals surface area contributed by atoms with Crippen molar-refractivity contribution in [3.63, 3.8) is 0 Å². The molecule has 38 heavy (non-hydrogen) atoms. The van der Waals surface area contributed by atoms with E-state index in [1.807, 2.05) is 26.0 Å².